The Hall–Kier alpha value is -1.37. The Kier molecular flexibility index (Phi) is 2.49. The Morgan fingerprint density at radius 1 is 1.14 bits per heavy atom. The van der Waals surface area contributed by atoms with Crippen molar-refractivity contribution in [2.45, 2.75) is 12.8 Å². The van der Waals surface area contributed by atoms with Crippen LogP contribution in [0, 0.1) is 5.92 Å². The molecule has 0 aromatic carbocycles. The van der Waals surface area contributed by atoms with Crippen LogP contribution in [0.2, 0.25) is 0 Å². The van der Waals surface area contributed by atoms with E-state index in [1.807, 2.05) is 0 Å². The molecule has 0 saturated heterocycles. The van der Waals surface area contributed by atoms with Crippen molar-refractivity contribution < 1.29 is 4.57 Å². The summed E-state index contributed by atoms with van der Waals surface area (Å²) >= 11 is 0. The second-order valence-corrected chi connectivity index (χ2v) is 3.89. The SMILES string of the molecule is CC1C=CC=CC1c1cccc[n+]1C. The fourth-order valence-electron chi connectivity index (χ4n) is 1.97. The molecule has 1 aromatic rings. The minimum absolute atomic E-state index is 0.520. The molecule has 2 rings (SSSR count). The molecule has 14 heavy (non-hydrogen) atoms. The van der Waals surface area contributed by atoms with Crippen LogP contribution < -0.4 is 4.57 Å². The van der Waals surface area contributed by atoms with Gasteiger partial charge in [-0.2, -0.15) is 0 Å². The van der Waals surface area contributed by atoms with Gasteiger partial charge in [0.25, 0.3) is 0 Å². The third-order valence-corrected chi connectivity index (χ3v) is 2.85. The molecule has 2 unspecified atom stereocenters. The van der Waals surface area contributed by atoms with Crippen LogP contribution in [0.1, 0.15) is 18.5 Å². The molecule has 0 bridgehead atoms. The molecule has 0 amide bonds. The van der Waals surface area contributed by atoms with E-state index >= 15 is 0 Å². The molecule has 0 saturated carbocycles. The third kappa shape index (κ3) is 1.63. The van der Waals surface area contributed by atoms with Gasteiger partial charge in [-0.1, -0.05) is 37.3 Å². The van der Waals surface area contributed by atoms with Crippen LogP contribution in [-0.2, 0) is 7.05 Å². The molecule has 1 aliphatic rings. The predicted octanol–water partition coefficient (Wildman–Crippen LogP) is 2.36. The van der Waals surface area contributed by atoms with Crippen molar-refractivity contribution in [3.8, 4) is 0 Å². The molecule has 1 heteroatoms. The van der Waals surface area contributed by atoms with Gasteiger partial charge in [0.2, 0.25) is 0 Å². The van der Waals surface area contributed by atoms with Crippen molar-refractivity contribution in [2.24, 2.45) is 13.0 Å². The molecule has 2 atom stereocenters. The molecule has 0 spiro atoms. The minimum atomic E-state index is 0.520. The molecule has 72 valence electrons. The van der Waals surface area contributed by atoms with Crippen molar-refractivity contribution in [3.63, 3.8) is 0 Å². The van der Waals surface area contributed by atoms with Gasteiger partial charge in [0, 0.05) is 12.1 Å². The average molecular weight is 186 g/mol. The van der Waals surface area contributed by atoms with Crippen molar-refractivity contribution in [1.82, 2.24) is 0 Å². The van der Waals surface area contributed by atoms with E-state index in [2.05, 4.69) is 67.2 Å². The smallest absolute Gasteiger partial charge is 0.188 e. The Labute approximate surface area is 85.4 Å². The van der Waals surface area contributed by atoms with Crippen molar-refractivity contribution in [3.05, 3.63) is 54.4 Å². The summed E-state index contributed by atoms with van der Waals surface area (Å²) in [4.78, 5) is 0. The van der Waals surface area contributed by atoms with E-state index in [4.69, 9.17) is 0 Å². The number of nitrogens with zero attached hydrogens (tertiary/aromatic N) is 1. The first-order valence-corrected chi connectivity index (χ1v) is 5.08. The van der Waals surface area contributed by atoms with Gasteiger partial charge in [-0.15, -0.1) is 0 Å². The lowest BCUT2D eigenvalue weighted by atomic mass is 9.87. The molecular formula is C13H16N+. The molecule has 1 heterocycles. The zero-order chi connectivity index (χ0) is 9.97. The van der Waals surface area contributed by atoms with Gasteiger partial charge in [0.05, 0.1) is 5.92 Å². The van der Waals surface area contributed by atoms with Crippen LogP contribution in [0.4, 0.5) is 0 Å². The minimum Gasteiger partial charge on any atom is -0.205 e. The number of pyridine rings is 1. The topological polar surface area (TPSA) is 3.88 Å². The lowest BCUT2D eigenvalue weighted by Crippen LogP contribution is -2.35. The maximum Gasteiger partial charge on any atom is 0.188 e. The quantitative estimate of drug-likeness (QED) is 0.593. The summed E-state index contributed by atoms with van der Waals surface area (Å²) in [5, 5.41) is 0. The van der Waals surface area contributed by atoms with Crippen molar-refractivity contribution in [2.75, 3.05) is 0 Å². The lowest BCUT2D eigenvalue weighted by molar-refractivity contribution is -0.680. The highest BCUT2D eigenvalue weighted by atomic mass is 14.9. The van der Waals surface area contributed by atoms with E-state index in [1.165, 1.54) is 5.69 Å². The summed E-state index contributed by atoms with van der Waals surface area (Å²) in [6, 6.07) is 6.37. The van der Waals surface area contributed by atoms with Gasteiger partial charge in [0.1, 0.15) is 7.05 Å². The third-order valence-electron chi connectivity index (χ3n) is 2.85. The zero-order valence-corrected chi connectivity index (χ0v) is 8.72. The van der Waals surface area contributed by atoms with E-state index in [0.717, 1.165) is 0 Å². The van der Waals surface area contributed by atoms with E-state index in [0.29, 0.717) is 11.8 Å². The largest absolute Gasteiger partial charge is 0.205 e. The molecule has 0 radical (unpaired) electrons. The van der Waals surface area contributed by atoms with Gasteiger partial charge < -0.3 is 0 Å². The summed E-state index contributed by atoms with van der Waals surface area (Å²) in [7, 11) is 2.11. The highest BCUT2D eigenvalue weighted by Gasteiger charge is 2.22. The normalized spacial score (nSPS) is 25.3. The Morgan fingerprint density at radius 3 is 2.64 bits per heavy atom. The predicted molar refractivity (Wildman–Crippen MR) is 57.8 cm³/mol. The van der Waals surface area contributed by atoms with E-state index in [-0.39, 0.29) is 0 Å². The standard InChI is InChI=1S/C13H16N/c1-11-7-3-4-8-12(11)13-9-5-6-10-14(13)2/h3-12H,1-2H3/q+1. The van der Waals surface area contributed by atoms with E-state index in [1.54, 1.807) is 0 Å². The Bertz CT molecular complexity index is 377. The Balaban J connectivity index is 2.36. The molecule has 1 nitrogen and oxygen atoms in total. The van der Waals surface area contributed by atoms with Crippen molar-refractivity contribution >= 4 is 0 Å². The van der Waals surface area contributed by atoms with Crippen LogP contribution in [-0.4, -0.2) is 0 Å². The fourth-order valence-corrected chi connectivity index (χ4v) is 1.97. The number of hydrogen-bond donors (Lipinski definition) is 0. The maximum atomic E-state index is 2.28. The maximum absolute atomic E-state index is 2.28. The molecule has 1 aliphatic carbocycles. The number of aromatic nitrogens is 1. The Morgan fingerprint density at radius 2 is 1.93 bits per heavy atom. The second-order valence-electron chi connectivity index (χ2n) is 3.89. The first kappa shape index (κ1) is 9.20. The average Bonchev–Trinajstić information content (AvgIpc) is 2.20. The summed E-state index contributed by atoms with van der Waals surface area (Å²) in [6.07, 6.45) is 10.9. The van der Waals surface area contributed by atoms with Gasteiger partial charge in [-0.25, -0.2) is 4.57 Å². The lowest BCUT2D eigenvalue weighted by Gasteiger charge is -2.17. The number of allylic oxidation sites excluding steroid dienone is 4. The number of rotatable bonds is 1. The highest BCUT2D eigenvalue weighted by molar-refractivity contribution is 5.23. The van der Waals surface area contributed by atoms with Crippen LogP contribution >= 0.6 is 0 Å². The van der Waals surface area contributed by atoms with Gasteiger partial charge >= 0.3 is 0 Å². The van der Waals surface area contributed by atoms with Gasteiger partial charge in [0.15, 0.2) is 11.9 Å². The summed E-state index contributed by atoms with van der Waals surface area (Å²) < 4.78 is 2.20. The van der Waals surface area contributed by atoms with Gasteiger partial charge in [-0.3, -0.25) is 0 Å². The molecule has 0 N–H and O–H groups in total. The summed E-state index contributed by atoms with van der Waals surface area (Å²) in [5.74, 6) is 1.11. The van der Waals surface area contributed by atoms with Crippen LogP contribution in [0.3, 0.4) is 0 Å². The zero-order valence-electron chi connectivity index (χ0n) is 8.72. The molecule has 1 aromatic heterocycles. The summed E-state index contributed by atoms with van der Waals surface area (Å²) in [5.41, 5.74) is 1.38. The van der Waals surface area contributed by atoms with Crippen LogP contribution in [0.5, 0.6) is 0 Å². The van der Waals surface area contributed by atoms with E-state index in [9.17, 15) is 0 Å². The highest BCUT2D eigenvalue weighted by Crippen LogP contribution is 2.27. The summed E-state index contributed by atoms with van der Waals surface area (Å²) in [6.45, 7) is 2.26. The fraction of sp³-hybridized carbons (Fsp3) is 0.308. The number of aryl methyl sites for hydroxylation is 1. The van der Waals surface area contributed by atoms with E-state index < -0.39 is 0 Å². The van der Waals surface area contributed by atoms with Crippen LogP contribution in [0.25, 0.3) is 0 Å². The second kappa shape index (κ2) is 3.79. The molecule has 0 aliphatic heterocycles. The molecule has 0 fully saturated rings. The van der Waals surface area contributed by atoms with Gasteiger partial charge in [-0.05, 0) is 5.92 Å². The monoisotopic (exact) mass is 186 g/mol. The number of hydrogen-bond acceptors (Lipinski definition) is 0. The first-order chi connectivity index (χ1) is 6.79. The molecular weight excluding hydrogens is 170 g/mol. The van der Waals surface area contributed by atoms with Crippen LogP contribution in [0.15, 0.2) is 48.7 Å². The first-order valence-electron chi connectivity index (χ1n) is 5.08. The van der Waals surface area contributed by atoms with Crippen molar-refractivity contribution in [1.29, 1.82) is 0 Å².